The standard InChI is InChI=1S/C8H8N4OS.C2H6/c1-10-6-4-2-3-14-8(4)12-7(11-6)5(9)13;1-2/h2-3H,1H3,(H2,9,13)(H,10,11,12);1-2H3. The summed E-state index contributed by atoms with van der Waals surface area (Å²) in [5.74, 6) is 0.0613. The van der Waals surface area contributed by atoms with Crippen LogP contribution in [0.4, 0.5) is 5.82 Å². The van der Waals surface area contributed by atoms with Crippen LogP contribution in [0.25, 0.3) is 10.2 Å². The number of hydrogen-bond donors (Lipinski definition) is 2. The van der Waals surface area contributed by atoms with E-state index in [2.05, 4.69) is 15.3 Å². The molecule has 0 saturated carbocycles. The van der Waals surface area contributed by atoms with Crippen LogP contribution < -0.4 is 11.1 Å². The molecule has 0 aliphatic heterocycles. The number of thiophene rings is 1. The van der Waals surface area contributed by atoms with Crippen molar-refractivity contribution in [3.05, 3.63) is 17.3 Å². The van der Waals surface area contributed by atoms with Gasteiger partial charge in [0.25, 0.3) is 5.91 Å². The minimum Gasteiger partial charge on any atom is -0.372 e. The Hall–Kier alpha value is -1.69. The smallest absolute Gasteiger partial charge is 0.286 e. The van der Waals surface area contributed by atoms with E-state index in [1.54, 1.807) is 7.05 Å². The zero-order valence-electron chi connectivity index (χ0n) is 9.44. The summed E-state index contributed by atoms with van der Waals surface area (Å²) in [6, 6.07) is 1.90. The summed E-state index contributed by atoms with van der Waals surface area (Å²) >= 11 is 1.45. The lowest BCUT2D eigenvalue weighted by atomic mass is 10.3. The molecule has 0 atom stereocenters. The van der Waals surface area contributed by atoms with Crippen molar-refractivity contribution in [1.82, 2.24) is 9.97 Å². The molecule has 1 amide bonds. The predicted octanol–water partition coefficient (Wildman–Crippen LogP) is 1.86. The molecule has 0 bridgehead atoms. The second-order valence-corrected chi connectivity index (χ2v) is 3.54. The fourth-order valence-electron chi connectivity index (χ4n) is 1.16. The van der Waals surface area contributed by atoms with Gasteiger partial charge in [0, 0.05) is 7.05 Å². The molecule has 2 aromatic rings. The SMILES string of the molecule is CC.CNc1nc(C(N)=O)nc2sccc12. The van der Waals surface area contributed by atoms with Crippen molar-refractivity contribution >= 4 is 33.3 Å². The number of fused-ring (bicyclic) bond motifs is 1. The summed E-state index contributed by atoms with van der Waals surface area (Å²) in [6.45, 7) is 4.00. The summed E-state index contributed by atoms with van der Waals surface area (Å²) in [5, 5.41) is 5.70. The first kappa shape index (κ1) is 12.4. The molecule has 0 fully saturated rings. The first-order valence-electron chi connectivity index (χ1n) is 4.95. The first-order valence-corrected chi connectivity index (χ1v) is 5.83. The van der Waals surface area contributed by atoms with Gasteiger partial charge in [-0.15, -0.1) is 11.3 Å². The highest BCUT2D eigenvalue weighted by atomic mass is 32.1. The summed E-state index contributed by atoms with van der Waals surface area (Å²) < 4.78 is 0. The van der Waals surface area contributed by atoms with Crippen LogP contribution in [0.15, 0.2) is 11.4 Å². The van der Waals surface area contributed by atoms with Crippen molar-refractivity contribution in [3.63, 3.8) is 0 Å². The highest BCUT2D eigenvalue weighted by Crippen LogP contribution is 2.24. The van der Waals surface area contributed by atoms with E-state index in [9.17, 15) is 4.79 Å². The van der Waals surface area contributed by atoms with Gasteiger partial charge in [-0.3, -0.25) is 4.79 Å². The first-order chi connectivity index (χ1) is 7.72. The van der Waals surface area contributed by atoms with Crippen molar-refractivity contribution in [1.29, 1.82) is 0 Å². The molecule has 0 aliphatic carbocycles. The fraction of sp³-hybridized carbons (Fsp3) is 0.300. The molecule has 0 aromatic carbocycles. The Balaban J connectivity index is 0.000000606. The van der Waals surface area contributed by atoms with E-state index in [1.165, 1.54) is 11.3 Å². The molecule has 2 rings (SSSR count). The van der Waals surface area contributed by atoms with Crippen LogP contribution in [-0.4, -0.2) is 22.9 Å². The number of amides is 1. The van der Waals surface area contributed by atoms with Gasteiger partial charge in [-0.2, -0.15) is 0 Å². The normalized spacial score (nSPS) is 9.44. The van der Waals surface area contributed by atoms with Crippen LogP contribution in [0.2, 0.25) is 0 Å². The Morgan fingerprint density at radius 3 is 2.69 bits per heavy atom. The van der Waals surface area contributed by atoms with Gasteiger partial charge in [0.1, 0.15) is 10.6 Å². The highest BCUT2D eigenvalue weighted by molar-refractivity contribution is 7.16. The topological polar surface area (TPSA) is 80.9 Å². The second-order valence-electron chi connectivity index (χ2n) is 2.65. The van der Waals surface area contributed by atoms with E-state index < -0.39 is 5.91 Å². The number of hydrogen-bond acceptors (Lipinski definition) is 5. The average Bonchev–Trinajstić information content (AvgIpc) is 2.78. The minimum absolute atomic E-state index is 0.0456. The third-order valence-corrected chi connectivity index (χ3v) is 2.59. The summed E-state index contributed by atoms with van der Waals surface area (Å²) in [6.07, 6.45) is 0. The molecule has 6 heteroatoms. The molecule has 16 heavy (non-hydrogen) atoms. The Kier molecular flexibility index (Phi) is 4.19. The van der Waals surface area contributed by atoms with Gasteiger partial charge >= 0.3 is 0 Å². The monoisotopic (exact) mass is 238 g/mol. The number of carbonyl (C=O) groups is 1. The highest BCUT2D eigenvalue weighted by Gasteiger charge is 2.10. The van der Waals surface area contributed by atoms with Crippen molar-refractivity contribution in [2.45, 2.75) is 13.8 Å². The molecular formula is C10H14N4OS. The van der Waals surface area contributed by atoms with E-state index in [-0.39, 0.29) is 5.82 Å². The lowest BCUT2D eigenvalue weighted by molar-refractivity contribution is 0.0991. The van der Waals surface area contributed by atoms with Crippen LogP contribution >= 0.6 is 11.3 Å². The number of carbonyl (C=O) groups excluding carboxylic acids is 1. The summed E-state index contributed by atoms with van der Waals surface area (Å²) in [4.78, 5) is 19.7. The molecule has 0 saturated heterocycles. The molecule has 0 spiro atoms. The van der Waals surface area contributed by atoms with Gasteiger partial charge in [-0.25, -0.2) is 9.97 Å². The molecule has 0 radical (unpaired) electrons. The predicted molar refractivity (Wildman–Crippen MR) is 66.8 cm³/mol. The third-order valence-electron chi connectivity index (χ3n) is 1.78. The van der Waals surface area contributed by atoms with E-state index >= 15 is 0 Å². The second kappa shape index (κ2) is 5.41. The zero-order chi connectivity index (χ0) is 12.1. The number of nitrogens with one attached hydrogen (secondary N) is 1. The van der Waals surface area contributed by atoms with Crippen molar-refractivity contribution < 1.29 is 4.79 Å². The van der Waals surface area contributed by atoms with Gasteiger partial charge in [-0.1, -0.05) is 13.8 Å². The van der Waals surface area contributed by atoms with Gasteiger partial charge in [0.05, 0.1) is 5.39 Å². The van der Waals surface area contributed by atoms with E-state index in [0.29, 0.717) is 5.82 Å². The van der Waals surface area contributed by atoms with Crippen molar-refractivity contribution in [3.8, 4) is 0 Å². The van der Waals surface area contributed by atoms with Gasteiger partial charge in [-0.05, 0) is 11.4 Å². The number of primary amides is 1. The van der Waals surface area contributed by atoms with Crippen LogP contribution in [0.1, 0.15) is 24.5 Å². The van der Waals surface area contributed by atoms with E-state index in [0.717, 1.165) is 10.2 Å². The molecule has 3 N–H and O–H groups in total. The lowest BCUT2D eigenvalue weighted by Gasteiger charge is -2.01. The third kappa shape index (κ3) is 2.27. The fourth-order valence-corrected chi connectivity index (χ4v) is 1.92. The molecule has 5 nitrogen and oxygen atoms in total. The summed E-state index contributed by atoms with van der Waals surface area (Å²) in [5.41, 5.74) is 5.11. The average molecular weight is 238 g/mol. The molecule has 0 aliphatic rings. The summed E-state index contributed by atoms with van der Waals surface area (Å²) in [7, 11) is 1.74. The Morgan fingerprint density at radius 2 is 2.12 bits per heavy atom. The maximum Gasteiger partial charge on any atom is 0.286 e. The van der Waals surface area contributed by atoms with Crippen molar-refractivity contribution in [2.75, 3.05) is 12.4 Å². The number of anilines is 1. The quantitative estimate of drug-likeness (QED) is 0.836. The maximum atomic E-state index is 10.9. The molecule has 2 aromatic heterocycles. The lowest BCUT2D eigenvalue weighted by Crippen LogP contribution is -2.15. The number of nitrogens with two attached hydrogens (primary N) is 1. The van der Waals surface area contributed by atoms with Gasteiger partial charge in [0.15, 0.2) is 0 Å². The van der Waals surface area contributed by atoms with Crippen molar-refractivity contribution in [2.24, 2.45) is 5.73 Å². The van der Waals surface area contributed by atoms with Crippen LogP contribution in [0.5, 0.6) is 0 Å². The number of aromatic nitrogens is 2. The molecule has 86 valence electrons. The Morgan fingerprint density at radius 1 is 1.44 bits per heavy atom. The van der Waals surface area contributed by atoms with E-state index in [1.807, 2.05) is 25.3 Å². The molecule has 0 unspecified atom stereocenters. The Labute approximate surface area is 97.7 Å². The van der Waals surface area contributed by atoms with Crippen LogP contribution in [0, 0.1) is 0 Å². The molecular weight excluding hydrogens is 224 g/mol. The van der Waals surface area contributed by atoms with Gasteiger partial charge < -0.3 is 11.1 Å². The van der Waals surface area contributed by atoms with E-state index in [4.69, 9.17) is 5.73 Å². The maximum absolute atomic E-state index is 10.9. The number of nitrogens with zero attached hydrogens (tertiary/aromatic N) is 2. The van der Waals surface area contributed by atoms with Crippen LogP contribution in [0.3, 0.4) is 0 Å². The van der Waals surface area contributed by atoms with Gasteiger partial charge in [0.2, 0.25) is 5.82 Å². The Bertz CT molecular complexity index is 495. The molecule has 2 heterocycles. The minimum atomic E-state index is -0.614. The largest absolute Gasteiger partial charge is 0.372 e. The van der Waals surface area contributed by atoms with Crippen LogP contribution in [-0.2, 0) is 0 Å². The zero-order valence-corrected chi connectivity index (χ0v) is 10.3. The number of rotatable bonds is 2.